The number of rotatable bonds is 1. The summed E-state index contributed by atoms with van der Waals surface area (Å²) in [7, 11) is 0. The Bertz CT molecular complexity index is 418. The highest BCUT2D eigenvalue weighted by Gasteiger charge is 2.19. The monoisotopic (exact) mass is 297 g/mol. The SMILES string of the molecule is Cc1cc(Br)cc(N)c1NC(=O)N1CCCC1. The van der Waals surface area contributed by atoms with Crippen molar-refractivity contribution in [2.45, 2.75) is 19.8 Å². The second-order valence-electron chi connectivity index (χ2n) is 4.31. The summed E-state index contributed by atoms with van der Waals surface area (Å²) >= 11 is 3.38. The van der Waals surface area contributed by atoms with E-state index in [2.05, 4.69) is 21.2 Å². The lowest BCUT2D eigenvalue weighted by Crippen LogP contribution is -2.32. The maximum atomic E-state index is 12.0. The molecule has 2 amide bonds. The highest BCUT2D eigenvalue weighted by molar-refractivity contribution is 9.10. The topological polar surface area (TPSA) is 58.4 Å². The summed E-state index contributed by atoms with van der Waals surface area (Å²) in [6, 6.07) is 3.68. The molecule has 1 aromatic carbocycles. The molecule has 0 unspecified atom stereocenters. The van der Waals surface area contributed by atoms with E-state index in [-0.39, 0.29) is 6.03 Å². The minimum absolute atomic E-state index is 0.0559. The van der Waals surface area contributed by atoms with Crippen molar-refractivity contribution in [3.8, 4) is 0 Å². The quantitative estimate of drug-likeness (QED) is 0.783. The first-order valence-corrected chi connectivity index (χ1v) is 6.49. The molecule has 1 saturated heterocycles. The molecule has 1 aromatic rings. The zero-order chi connectivity index (χ0) is 12.4. The van der Waals surface area contributed by atoms with E-state index in [0.29, 0.717) is 11.4 Å². The molecule has 2 rings (SSSR count). The zero-order valence-electron chi connectivity index (χ0n) is 9.79. The van der Waals surface area contributed by atoms with E-state index in [1.807, 2.05) is 17.9 Å². The van der Waals surface area contributed by atoms with E-state index in [1.54, 1.807) is 6.07 Å². The smallest absolute Gasteiger partial charge is 0.321 e. The number of hydrogen-bond donors (Lipinski definition) is 2. The lowest BCUT2D eigenvalue weighted by molar-refractivity contribution is 0.222. The first-order valence-electron chi connectivity index (χ1n) is 5.69. The van der Waals surface area contributed by atoms with Crippen LogP contribution in [-0.2, 0) is 0 Å². The molecule has 0 bridgehead atoms. The number of amides is 2. The third-order valence-corrected chi connectivity index (χ3v) is 3.41. The number of aryl methyl sites for hydroxylation is 1. The van der Waals surface area contributed by atoms with Gasteiger partial charge in [-0.3, -0.25) is 0 Å². The summed E-state index contributed by atoms with van der Waals surface area (Å²) < 4.78 is 0.923. The largest absolute Gasteiger partial charge is 0.397 e. The van der Waals surface area contributed by atoms with Crippen LogP contribution in [0.4, 0.5) is 16.2 Å². The lowest BCUT2D eigenvalue weighted by Gasteiger charge is -2.18. The molecule has 92 valence electrons. The summed E-state index contributed by atoms with van der Waals surface area (Å²) in [4.78, 5) is 13.8. The Morgan fingerprint density at radius 1 is 1.41 bits per heavy atom. The number of likely N-dealkylation sites (tertiary alicyclic amines) is 1. The van der Waals surface area contributed by atoms with Crippen molar-refractivity contribution in [3.63, 3.8) is 0 Å². The Kier molecular flexibility index (Phi) is 3.57. The number of nitrogens with two attached hydrogens (primary N) is 1. The van der Waals surface area contributed by atoms with Gasteiger partial charge < -0.3 is 16.0 Å². The molecule has 0 saturated carbocycles. The van der Waals surface area contributed by atoms with Gasteiger partial charge in [0.1, 0.15) is 0 Å². The van der Waals surface area contributed by atoms with E-state index < -0.39 is 0 Å². The molecule has 3 N–H and O–H groups in total. The molecule has 1 fully saturated rings. The van der Waals surface area contributed by atoms with Crippen LogP contribution >= 0.6 is 15.9 Å². The van der Waals surface area contributed by atoms with Crippen LogP contribution in [-0.4, -0.2) is 24.0 Å². The summed E-state index contributed by atoms with van der Waals surface area (Å²) in [5.41, 5.74) is 8.17. The standard InChI is InChI=1S/C12H16BrN3O/c1-8-6-9(13)7-10(14)11(8)15-12(17)16-4-2-3-5-16/h6-7H,2-5,14H2,1H3,(H,15,17). The number of nitrogens with zero attached hydrogens (tertiary/aromatic N) is 1. The predicted molar refractivity (Wildman–Crippen MR) is 73.1 cm³/mol. The number of nitrogen functional groups attached to an aromatic ring is 1. The molecule has 4 nitrogen and oxygen atoms in total. The van der Waals surface area contributed by atoms with Gasteiger partial charge in [-0.2, -0.15) is 0 Å². The number of urea groups is 1. The van der Waals surface area contributed by atoms with Crippen LogP contribution in [0.3, 0.4) is 0 Å². The van der Waals surface area contributed by atoms with Gasteiger partial charge in [-0.1, -0.05) is 15.9 Å². The summed E-state index contributed by atoms with van der Waals surface area (Å²) in [5.74, 6) is 0. The van der Waals surface area contributed by atoms with Crippen LogP contribution in [0, 0.1) is 6.92 Å². The molecule has 1 heterocycles. The number of anilines is 2. The van der Waals surface area contributed by atoms with Gasteiger partial charge in [0.15, 0.2) is 0 Å². The molecule has 17 heavy (non-hydrogen) atoms. The Hall–Kier alpha value is -1.23. The maximum absolute atomic E-state index is 12.0. The van der Waals surface area contributed by atoms with Crippen molar-refractivity contribution in [1.82, 2.24) is 4.90 Å². The molecule has 1 aliphatic rings. The van der Waals surface area contributed by atoms with Gasteiger partial charge in [0.25, 0.3) is 0 Å². The second kappa shape index (κ2) is 4.96. The Labute approximate surface area is 109 Å². The predicted octanol–water partition coefficient (Wildman–Crippen LogP) is 2.97. The van der Waals surface area contributed by atoms with Gasteiger partial charge >= 0.3 is 6.03 Å². The van der Waals surface area contributed by atoms with Crippen molar-refractivity contribution in [1.29, 1.82) is 0 Å². The van der Waals surface area contributed by atoms with E-state index in [9.17, 15) is 4.79 Å². The van der Waals surface area contributed by atoms with Crippen LogP contribution in [0.15, 0.2) is 16.6 Å². The molecule has 0 spiro atoms. The highest BCUT2D eigenvalue weighted by atomic mass is 79.9. The number of benzene rings is 1. The van der Waals surface area contributed by atoms with Crippen LogP contribution in [0.5, 0.6) is 0 Å². The average Bonchev–Trinajstić information content (AvgIpc) is 2.76. The summed E-state index contributed by atoms with van der Waals surface area (Å²) in [6.45, 7) is 3.60. The average molecular weight is 298 g/mol. The zero-order valence-corrected chi connectivity index (χ0v) is 11.4. The van der Waals surface area contributed by atoms with Gasteiger partial charge in [-0.15, -0.1) is 0 Å². The molecule has 0 radical (unpaired) electrons. The van der Waals surface area contributed by atoms with Gasteiger partial charge in [0, 0.05) is 17.6 Å². The summed E-state index contributed by atoms with van der Waals surface area (Å²) in [6.07, 6.45) is 2.17. The first kappa shape index (κ1) is 12.2. The third-order valence-electron chi connectivity index (χ3n) is 2.96. The second-order valence-corrected chi connectivity index (χ2v) is 5.23. The van der Waals surface area contributed by atoms with Crippen LogP contribution in [0.2, 0.25) is 0 Å². The molecular weight excluding hydrogens is 282 g/mol. The van der Waals surface area contributed by atoms with E-state index >= 15 is 0 Å². The van der Waals surface area contributed by atoms with Gasteiger partial charge in [-0.05, 0) is 37.5 Å². The Morgan fingerprint density at radius 2 is 2.06 bits per heavy atom. The maximum Gasteiger partial charge on any atom is 0.321 e. The van der Waals surface area contributed by atoms with Crippen LogP contribution in [0.25, 0.3) is 0 Å². The van der Waals surface area contributed by atoms with Crippen LogP contribution < -0.4 is 11.1 Å². The number of carbonyl (C=O) groups is 1. The molecule has 5 heteroatoms. The van der Waals surface area contributed by atoms with Crippen molar-refractivity contribution in [3.05, 3.63) is 22.2 Å². The Morgan fingerprint density at radius 3 is 2.65 bits per heavy atom. The lowest BCUT2D eigenvalue weighted by atomic mass is 10.1. The molecular formula is C12H16BrN3O. The highest BCUT2D eigenvalue weighted by Crippen LogP contribution is 2.28. The van der Waals surface area contributed by atoms with Gasteiger partial charge in [0.05, 0.1) is 11.4 Å². The molecule has 0 atom stereocenters. The molecule has 0 aromatic heterocycles. The van der Waals surface area contributed by atoms with Crippen molar-refractivity contribution < 1.29 is 4.79 Å². The minimum atomic E-state index is -0.0559. The van der Waals surface area contributed by atoms with Crippen molar-refractivity contribution in [2.75, 3.05) is 24.1 Å². The van der Waals surface area contributed by atoms with Gasteiger partial charge in [0.2, 0.25) is 0 Å². The number of hydrogen-bond acceptors (Lipinski definition) is 2. The third kappa shape index (κ3) is 2.72. The van der Waals surface area contributed by atoms with Crippen molar-refractivity contribution in [2.24, 2.45) is 0 Å². The van der Waals surface area contributed by atoms with E-state index in [0.717, 1.165) is 36.0 Å². The fourth-order valence-electron chi connectivity index (χ4n) is 2.05. The fraction of sp³-hybridized carbons (Fsp3) is 0.417. The number of halogens is 1. The summed E-state index contributed by atoms with van der Waals surface area (Å²) in [5, 5.41) is 2.89. The fourth-order valence-corrected chi connectivity index (χ4v) is 2.64. The Balaban J connectivity index is 2.15. The number of carbonyl (C=O) groups excluding carboxylic acids is 1. The number of nitrogens with one attached hydrogen (secondary N) is 1. The van der Waals surface area contributed by atoms with Crippen molar-refractivity contribution >= 4 is 33.3 Å². The molecule has 1 aliphatic heterocycles. The van der Waals surface area contributed by atoms with Gasteiger partial charge in [-0.25, -0.2) is 4.79 Å². The normalized spacial score (nSPS) is 15.1. The van der Waals surface area contributed by atoms with E-state index in [1.165, 1.54) is 0 Å². The van der Waals surface area contributed by atoms with E-state index in [4.69, 9.17) is 5.73 Å². The minimum Gasteiger partial charge on any atom is -0.397 e. The first-order chi connectivity index (χ1) is 8.08. The van der Waals surface area contributed by atoms with Crippen LogP contribution in [0.1, 0.15) is 18.4 Å². The molecule has 0 aliphatic carbocycles.